The number of fused-ring (bicyclic) bond motifs is 1. The number of anilines is 1. The van der Waals surface area contributed by atoms with Gasteiger partial charge in [0, 0.05) is 12.5 Å². The predicted molar refractivity (Wildman–Crippen MR) is 82.8 cm³/mol. The van der Waals surface area contributed by atoms with Gasteiger partial charge in [-0.3, -0.25) is 9.59 Å². The van der Waals surface area contributed by atoms with Crippen LogP contribution in [0.25, 0.3) is 0 Å². The number of methoxy groups -OCH3 is 1. The van der Waals surface area contributed by atoms with Crippen molar-refractivity contribution < 1.29 is 19.1 Å². The Morgan fingerprint density at radius 2 is 2.18 bits per heavy atom. The molecule has 0 amide bonds. The van der Waals surface area contributed by atoms with Crippen molar-refractivity contribution in [1.29, 1.82) is 0 Å². The van der Waals surface area contributed by atoms with Crippen molar-refractivity contribution >= 4 is 29.3 Å². The highest BCUT2D eigenvalue weighted by Crippen LogP contribution is 2.35. The van der Waals surface area contributed by atoms with E-state index in [4.69, 9.17) is 9.47 Å². The summed E-state index contributed by atoms with van der Waals surface area (Å²) in [5.41, 5.74) is 0.336. The number of hydrogen-bond donors (Lipinski definition) is 0. The summed E-state index contributed by atoms with van der Waals surface area (Å²) in [5.74, 6) is 0.262. The minimum absolute atomic E-state index is 0.0449. The van der Waals surface area contributed by atoms with Crippen LogP contribution in [0.1, 0.15) is 30.6 Å². The lowest BCUT2D eigenvalue weighted by molar-refractivity contribution is -0.141. The Hall–Kier alpha value is -1.83. The van der Waals surface area contributed by atoms with Gasteiger partial charge < -0.3 is 14.4 Å². The summed E-state index contributed by atoms with van der Waals surface area (Å²) in [6.45, 7) is 4.00. The molecule has 1 aliphatic heterocycles. The molecule has 0 saturated heterocycles. The molecule has 8 heteroatoms. The smallest absolute Gasteiger partial charge is 0.325 e. The Balaban J connectivity index is 2.48. The topological polar surface area (TPSA) is 81.6 Å². The normalized spacial score (nSPS) is 17.2. The van der Waals surface area contributed by atoms with Crippen LogP contribution in [0.15, 0.2) is 5.16 Å². The standard InChI is InChI=1S/C14H19N3O4S/c1-5-21-10(19)7-17-8(2)6-9(18)11-12(17)15-14(22-4)16-13(11)20-3/h8H,5-7H2,1-4H3. The van der Waals surface area contributed by atoms with E-state index in [1.54, 1.807) is 11.8 Å². The third kappa shape index (κ3) is 3.16. The number of Topliss-reactive ketones (excluding diaryl/α,β-unsaturated/α-hetero) is 1. The van der Waals surface area contributed by atoms with E-state index in [9.17, 15) is 9.59 Å². The van der Waals surface area contributed by atoms with E-state index in [-0.39, 0.29) is 36.6 Å². The van der Waals surface area contributed by atoms with Crippen molar-refractivity contribution in [3.8, 4) is 5.88 Å². The Kier molecular flexibility index (Phi) is 5.23. The number of ketones is 1. The van der Waals surface area contributed by atoms with E-state index in [0.29, 0.717) is 23.1 Å². The van der Waals surface area contributed by atoms with Crippen LogP contribution in [-0.4, -0.2) is 54.3 Å². The number of thioether (sulfide) groups is 1. The second-order valence-corrected chi connectivity index (χ2v) is 5.60. The van der Waals surface area contributed by atoms with Gasteiger partial charge >= 0.3 is 5.97 Å². The zero-order chi connectivity index (χ0) is 16.3. The average Bonchev–Trinajstić information content (AvgIpc) is 2.50. The maximum atomic E-state index is 12.3. The lowest BCUT2D eigenvalue weighted by Crippen LogP contribution is -2.44. The summed E-state index contributed by atoms with van der Waals surface area (Å²) in [4.78, 5) is 34.5. The van der Waals surface area contributed by atoms with Crippen LogP contribution in [-0.2, 0) is 9.53 Å². The largest absolute Gasteiger partial charge is 0.480 e. The summed E-state index contributed by atoms with van der Waals surface area (Å²) < 4.78 is 10.2. The van der Waals surface area contributed by atoms with Crippen LogP contribution in [0.4, 0.5) is 5.82 Å². The third-order valence-electron chi connectivity index (χ3n) is 3.38. The van der Waals surface area contributed by atoms with Crippen molar-refractivity contribution in [1.82, 2.24) is 9.97 Å². The minimum Gasteiger partial charge on any atom is -0.480 e. The summed E-state index contributed by atoms with van der Waals surface area (Å²) in [6, 6.07) is -0.140. The number of nitrogens with zero attached hydrogens (tertiary/aromatic N) is 3. The van der Waals surface area contributed by atoms with E-state index < -0.39 is 0 Å². The number of aromatic nitrogens is 2. The van der Waals surface area contributed by atoms with Gasteiger partial charge in [0.25, 0.3) is 0 Å². The lowest BCUT2D eigenvalue weighted by Gasteiger charge is -2.34. The summed E-state index contributed by atoms with van der Waals surface area (Å²) >= 11 is 1.35. The number of hydrogen-bond acceptors (Lipinski definition) is 8. The Morgan fingerprint density at radius 3 is 2.77 bits per heavy atom. The first kappa shape index (κ1) is 16.5. The maximum Gasteiger partial charge on any atom is 0.325 e. The number of carbonyl (C=O) groups excluding carboxylic acids is 2. The van der Waals surface area contributed by atoms with Gasteiger partial charge in [0.2, 0.25) is 5.88 Å². The number of rotatable bonds is 5. The average molecular weight is 325 g/mol. The number of ether oxygens (including phenoxy) is 2. The maximum absolute atomic E-state index is 12.3. The fraction of sp³-hybridized carbons (Fsp3) is 0.571. The van der Waals surface area contributed by atoms with Crippen molar-refractivity contribution in [2.75, 3.05) is 31.4 Å². The summed E-state index contributed by atoms with van der Waals surface area (Å²) in [5, 5.41) is 0.492. The molecule has 0 saturated carbocycles. The van der Waals surface area contributed by atoms with Crippen LogP contribution < -0.4 is 9.64 Å². The van der Waals surface area contributed by atoms with E-state index in [1.165, 1.54) is 18.9 Å². The zero-order valence-electron chi connectivity index (χ0n) is 13.1. The first-order valence-electron chi connectivity index (χ1n) is 6.97. The number of carbonyl (C=O) groups is 2. The second kappa shape index (κ2) is 6.95. The van der Waals surface area contributed by atoms with Crippen LogP contribution in [0, 0.1) is 0 Å². The zero-order valence-corrected chi connectivity index (χ0v) is 13.9. The molecule has 1 atom stereocenters. The highest BCUT2D eigenvalue weighted by atomic mass is 32.2. The van der Waals surface area contributed by atoms with E-state index in [0.717, 1.165) is 0 Å². The minimum atomic E-state index is -0.349. The van der Waals surface area contributed by atoms with Gasteiger partial charge in [0.05, 0.1) is 13.7 Å². The molecule has 0 radical (unpaired) electrons. The highest BCUT2D eigenvalue weighted by molar-refractivity contribution is 7.98. The molecule has 120 valence electrons. The first-order chi connectivity index (χ1) is 10.5. The van der Waals surface area contributed by atoms with Gasteiger partial charge in [-0.15, -0.1) is 0 Å². The van der Waals surface area contributed by atoms with E-state index >= 15 is 0 Å². The quantitative estimate of drug-likeness (QED) is 0.458. The van der Waals surface area contributed by atoms with Crippen molar-refractivity contribution in [3.05, 3.63) is 5.56 Å². The van der Waals surface area contributed by atoms with E-state index in [1.807, 2.05) is 13.2 Å². The molecule has 0 fully saturated rings. The molecule has 1 aliphatic rings. The van der Waals surface area contributed by atoms with Crippen LogP contribution in [0.2, 0.25) is 0 Å². The second-order valence-electron chi connectivity index (χ2n) is 4.83. The molecule has 2 heterocycles. The summed E-state index contributed by atoms with van der Waals surface area (Å²) in [7, 11) is 1.47. The molecule has 0 aromatic carbocycles. The van der Waals surface area contributed by atoms with Gasteiger partial charge in [-0.1, -0.05) is 11.8 Å². The van der Waals surface area contributed by atoms with Crippen molar-refractivity contribution in [2.24, 2.45) is 0 Å². The molecule has 22 heavy (non-hydrogen) atoms. The predicted octanol–water partition coefficient (Wildman–Crippen LogP) is 1.55. The lowest BCUT2D eigenvalue weighted by atomic mass is 9.99. The molecule has 0 aliphatic carbocycles. The molecule has 0 bridgehead atoms. The van der Waals surface area contributed by atoms with Crippen molar-refractivity contribution in [3.63, 3.8) is 0 Å². The Labute approximate surface area is 133 Å². The fourth-order valence-electron chi connectivity index (χ4n) is 2.37. The molecule has 1 unspecified atom stereocenters. The highest BCUT2D eigenvalue weighted by Gasteiger charge is 2.35. The summed E-state index contributed by atoms with van der Waals surface area (Å²) in [6.07, 6.45) is 2.12. The van der Waals surface area contributed by atoms with Crippen molar-refractivity contribution in [2.45, 2.75) is 31.5 Å². The fourth-order valence-corrected chi connectivity index (χ4v) is 2.72. The Morgan fingerprint density at radius 1 is 1.45 bits per heavy atom. The van der Waals surface area contributed by atoms with Gasteiger partial charge in [-0.2, -0.15) is 4.98 Å². The molecule has 2 rings (SSSR count). The molecule has 1 aromatic heterocycles. The van der Waals surface area contributed by atoms with Crippen LogP contribution in [0.3, 0.4) is 0 Å². The SMILES string of the molecule is CCOC(=O)CN1c2nc(SC)nc(OC)c2C(=O)CC1C. The molecular formula is C14H19N3O4S. The first-order valence-corrected chi connectivity index (χ1v) is 8.19. The molecule has 0 spiro atoms. The van der Waals surface area contributed by atoms with Gasteiger partial charge in [0.15, 0.2) is 10.9 Å². The molecule has 0 N–H and O–H groups in total. The monoisotopic (exact) mass is 325 g/mol. The van der Waals surface area contributed by atoms with Gasteiger partial charge in [-0.05, 0) is 20.1 Å². The Bertz CT molecular complexity index is 594. The number of esters is 1. The van der Waals surface area contributed by atoms with Gasteiger partial charge in [-0.25, -0.2) is 4.98 Å². The van der Waals surface area contributed by atoms with Crippen LogP contribution >= 0.6 is 11.8 Å². The molecule has 1 aromatic rings. The molecule has 7 nitrogen and oxygen atoms in total. The van der Waals surface area contributed by atoms with E-state index in [2.05, 4.69) is 9.97 Å². The van der Waals surface area contributed by atoms with Gasteiger partial charge in [0.1, 0.15) is 17.9 Å². The van der Waals surface area contributed by atoms with Crippen LogP contribution in [0.5, 0.6) is 5.88 Å². The third-order valence-corrected chi connectivity index (χ3v) is 3.93. The molecular weight excluding hydrogens is 306 g/mol.